The highest BCUT2D eigenvalue weighted by atomic mass is 35.5. The summed E-state index contributed by atoms with van der Waals surface area (Å²) in [5, 5.41) is 1.29. The van der Waals surface area contributed by atoms with Gasteiger partial charge in [-0.3, -0.25) is 9.59 Å². The van der Waals surface area contributed by atoms with E-state index in [1.165, 1.54) is 0 Å². The zero-order valence-electron chi connectivity index (χ0n) is 18.4. The fourth-order valence-electron chi connectivity index (χ4n) is 4.47. The number of hydrogen-bond acceptors (Lipinski definition) is 4. The molecule has 32 heavy (non-hydrogen) atoms. The number of aryl methyl sites for hydroxylation is 2. The molecule has 0 N–H and O–H groups in total. The van der Waals surface area contributed by atoms with Crippen LogP contribution in [0.2, 0.25) is 10.0 Å². The van der Waals surface area contributed by atoms with Crippen molar-refractivity contribution < 1.29 is 19.1 Å². The molecule has 1 amide bonds. The van der Waals surface area contributed by atoms with Crippen LogP contribution in [0.25, 0.3) is 0 Å². The molecule has 7 heteroatoms. The average Bonchev–Trinajstić information content (AvgIpc) is 2.76. The first-order valence-electron chi connectivity index (χ1n) is 11.0. The van der Waals surface area contributed by atoms with E-state index in [4.69, 9.17) is 32.7 Å². The van der Waals surface area contributed by atoms with Crippen molar-refractivity contribution in [1.29, 1.82) is 0 Å². The van der Waals surface area contributed by atoms with Gasteiger partial charge < -0.3 is 14.4 Å². The van der Waals surface area contributed by atoms with Crippen molar-refractivity contribution in [2.75, 3.05) is 19.7 Å². The number of carbonyl (C=O) groups is 2. The predicted octanol–water partition coefficient (Wildman–Crippen LogP) is 5.80. The summed E-state index contributed by atoms with van der Waals surface area (Å²) >= 11 is 12.2. The standard InChI is InChI=1S/C25H27Cl2NO4/c1-16-12-19(13-17(2)24(16)27)31-11-3-4-23(30)28-9-7-25(8-10-28)15-21(29)20-14-18(26)5-6-22(20)32-25/h5-6,12-14H,3-4,7-11,15H2,1-2H3. The SMILES string of the molecule is Cc1cc(OCCCC(=O)N2CCC3(CC2)CC(=O)c2cc(Cl)ccc2O3)cc(C)c1Cl. The van der Waals surface area contributed by atoms with Crippen LogP contribution < -0.4 is 9.47 Å². The van der Waals surface area contributed by atoms with Gasteiger partial charge in [0, 0.05) is 42.4 Å². The van der Waals surface area contributed by atoms with Gasteiger partial charge in [0.1, 0.15) is 17.1 Å². The molecule has 1 saturated heterocycles. The highest BCUT2D eigenvalue weighted by Crippen LogP contribution is 2.40. The summed E-state index contributed by atoms with van der Waals surface area (Å²) in [7, 11) is 0. The Kier molecular flexibility index (Phi) is 6.68. The van der Waals surface area contributed by atoms with E-state index in [0.717, 1.165) is 21.9 Å². The molecular weight excluding hydrogens is 449 g/mol. The first-order valence-corrected chi connectivity index (χ1v) is 11.7. The Morgan fingerprint density at radius 2 is 1.81 bits per heavy atom. The molecule has 0 aliphatic carbocycles. The Balaban J connectivity index is 1.25. The molecule has 1 fully saturated rings. The van der Waals surface area contributed by atoms with Crippen molar-refractivity contribution >= 4 is 34.9 Å². The summed E-state index contributed by atoms with van der Waals surface area (Å²) < 4.78 is 12.0. The maximum Gasteiger partial charge on any atom is 0.222 e. The number of benzene rings is 2. The number of carbonyl (C=O) groups excluding carboxylic acids is 2. The van der Waals surface area contributed by atoms with Gasteiger partial charge in [-0.25, -0.2) is 0 Å². The third-order valence-corrected chi connectivity index (χ3v) is 7.12. The number of ether oxygens (including phenoxy) is 2. The first-order chi connectivity index (χ1) is 15.3. The molecule has 2 aliphatic rings. The Morgan fingerprint density at radius 3 is 2.50 bits per heavy atom. The molecule has 2 heterocycles. The third kappa shape index (κ3) is 4.89. The maximum atomic E-state index is 12.7. The number of amides is 1. The number of ketones is 1. The summed E-state index contributed by atoms with van der Waals surface area (Å²) in [6.07, 6.45) is 2.69. The molecule has 4 rings (SSSR count). The van der Waals surface area contributed by atoms with Crippen molar-refractivity contribution in [2.24, 2.45) is 0 Å². The molecule has 5 nitrogen and oxygen atoms in total. The Morgan fingerprint density at radius 1 is 1.12 bits per heavy atom. The van der Waals surface area contributed by atoms with Gasteiger partial charge in [0.05, 0.1) is 18.6 Å². The lowest BCUT2D eigenvalue weighted by atomic mass is 9.82. The van der Waals surface area contributed by atoms with Crippen LogP contribution in [0.1, 0.15) is 53.6 Å². The van der Waals surface area contributed by atoms with Crippen LogP contribution in [0.5, 0.6) is 11.5 Å². The largest absolute Gasteiger partial charge is 0.494 e. The maximum absolute atomic E-state index is 12.7. The summed E-state index contributed by atoms with van der Waals surface area (Å²) in [5.41, 5.74) is 1.98. The Bertz CT molecular complexity index is 1020. The van der Waals surface area contributed by atoms with E-state index in [9.17, 15) is 9.59 Å². The minimum absolute atomic E-state index is 0.0540. The number of nitrogens with zero attached hydrogens (tertiary/aromatic N) is 1. The van der Waals surface area contributed by atoms with Crippen molar-refractivity contribution in [1.82, 2.24) is 4.90 Å². The smallest absolute Gasteiger partial charge is 0.222 e. The van der Waals surface area contributed by atoms with Crippen LogP contribution in [0, 0.1) is 13.8 Å². The van der Waals surface area contributed by atoms with Crippen molar-refractivity contribution in [3.05, 3.63) is 57.1 Å². The highest BCUT2D eigenvalue weighted by Gasteiger charge is 2.43. The van der Waals surface area contributed by atoms with E-state index < -0.39 is 5.60 Å². The van der Waals surface area contributed by atoms with Crippen molar-refractivity contribution in [3.8, 4) is 11.5 Å². The summed E-state index contributed by atoms with van der Waals surface area (Å²) in [6, 6.07) is 8.99. The third-order valence-electron chi connectivity index (χ3n) is 6.29. The van der Waals surface area contributed by atoms with Crippen molar-refractivity contribution in [3.63, 3.8) is 0 Å². The molecule has 0 atom stereocenters. The molecule has 0 saturated carbocycles. The molecule has 2 aromatic rings. The minimum atomic E-state index is -0.526. The zero-order chi connectivity index (χ0) is 22.9. The fourth-order valence-corrected chi connectivity index (χ4v) is 4.75. The predicted molar refractivity (Wildman–Crippen MR) is 125 cm³/mol. The normalized spacial score (nSPS) is 17.1. The summed E-state index contributed by atoms with van der Waals surface area (Å²) in [6.45, 7) is 5.55. The lowest BCUT2D eigenvalue weighted by Gasteiger charge is -2.44. The molecule has 1 spiro atoms. The van der Waals surface area contributed by atoms with Gasteiger partial charge in [0.25, 0.3) is 0 Å². The van der Waals surface area contributed by atoms with Gasteiger partial charge in [-0.05, 0) is 61.7 Å². The molecule has 0 bridgehead atoms. The average molecular weight is 476 g/mol. The zero-order valence-corrected chi connectivity index (χ0v) is 19.9. The van der Waals surface area contributed by atoms with Crippen molar-refractivity contribution in [2.45, 2.75) is 51.6 Å². The molecule has 0 unspecified atom stereocenters. The van der Waals surface area contributed by atoms with E-state index in [2.05, 4.69) is 0 Å². The lowest BCUT2D eigenvalue weighted by Crippen LogP contribution is -2.52. The van der Waals surface area contributed by atoms with Gasteiger partial charge in [-0.2, -0.15) is 0 Å². The van der Waals surface area contributed by atoms with Crippen LogP contribution in [0.3, 0.4) is 0 Å². The quantitative estimate of drug-likeness (QED) is 0.513. The van der Waals surface area contributed by atoms with Crippen LogP contribution in [0.4, 0.5) is 0 Å². The lowest BCUT2D eigenvalue weighted by molar-refractivity contribution is -0.135. The Labute approximate surface area is 198 Å². The van der Waals surface area contributed by atoms with E-state index in [0.29, 0.717) is 68.1 Å². The van der Waals surface area contributed by atoms with Gasteiger partial charge >= 0.3 is 0 Å². The summed E-state index contributed by atoms with van der Waals surface area (Å²) in [4.78, 5) is 27.2. The molecular formula is C25H27Cl2NO4. The number of halogens is 2. The summed E-state index contributed by atoms with van der Waals surface area (Å²) in [5.74, 6) is 1.53. The first kappa shape index (κ1) is 22.9. The van der Waals surface area contributed by atoms with E-state index in [1.807, 2.05) is 30.9 Å². The molecule has 2 aromatic carbocycles. The highest BCUT2D eigenvalue weighted by molar-refractivity contribution is 6.32. The van der Waals surface area contributed by atoms with Gasteiger partial charge in [0.15, 0.2) is 5.78 Å². The number of piperidine rings is 1. The number of fused-ring (bicyclic) bond motifs is 1. The molecule has 0 radical (unpaired) electrons. The monoisotopic (exact) mass is 475 g/mol. The topological polar surface area (TPSA) is 55.8 Å². The van der Waals surface area contributed by atoms with Crippen LogP contribution in [-0.2, 0) is 4.79 Å². The van der Waals surface area contributed by atoms with Crippen LogP contribution in [0.15, 0.2) is 30.3 Å². The second-order valence-corrected chi connectivity index (χ2v) is 9.54. The van der Waals surface area contributed by atoms with Crippen LogP contribution >= 0.6 is 23.2 Å². The van der Waals surface area contributed by atoms with E-state index >= 15 is 0 Å². The number of Topliss-reactive ketones (excluding diaryl/α,β-unsaturated/α-hetero) is 1. The van der Waals surface area contributed by atoms with Gasteiger partial charge in [-0.15, -0.1) is 0 Å². The Hall–Kier alpha value is -2.24. The number of rotatable bonds is 5. The van der Waals surface area contributed by atoms with Gasteiger partial charge in [-0.1, -0.05) is 23.2 Å². The van der Waals surface area contributed by atoms with E-state index in [1.54, 1.807) is 18.2 Å². The second kappa shape index (κ2) is 9.32. The van der Waals surface area contributed by atoms with Crippen LogP contribution in [-0.4, -0.2) is 41.9 Å². The number of hydrogen-bond donors (Lipinski definition) is 0. The molecule has 0 aromatic heterocycles. The fraction of sp³-hybridized carbons (Fsp3) is 0.440. The molecule has 170 valence electrons. The minimum Gasteiger partial charge on any atom is -0.494 e. The number of likely N-dealkylation sites (tertiary alicyclic amines) is 1. The van der Waals surface area contributed by atoms with E-state index in [-0.39, 0.29) is 11.7 Å². The van der Waals surface area contributed by atoms with Gasteiger partial charge in [0.2, 0.25) is 5.91 Å². The molecule has 2 aliphatic heterocycles. The second-order valence-electron chi connectivity index (χ2n) is 8.73.